The van der Waals surface area contributed by atoms with E-state index in [1.54, 1.807) is 13.8 Å². The van der Waals surface area contributed by atoms with E-state index in [9.17, 15) is 9.90 Å². The molecule has 0 aromatic heterocycles. The van der Waals surface area contributed by atoms with E-state index in [0.717, 1.165) is 0 Å². The summed E-state index contributed by atoms with van der Waals surface area (Å²) in [6.45, 7) is 7.16. The average molecular weight is 174 g/mol. The molecule has 3 heteroatoms. The lowest BCUT2D eigenvalue weighted by molar-refractivity contribution is -0.144. The minimum absolute atomic E-state index is 0.113. The van der Waals surface area contributed by atoms with Crippen molar-refractivity contribution in [2.45, 2.75) is 33.8 Å². The summed E-state index contributed by atoms with van der Waals surface area (Å²) in [7, 11) is 0. The summed E-state index contributed by atoms with van der Waals surface area (Å²) < 4.78 is 0. The summed E-state index contributed by atoms with van der Waals surface area (Å²) in [5, 5.41) is 18.2. The Morgan fingerprint density at radius 3 is 1.83 bits per heavy atom. The largest absolute Gasteiger partial charge is 0.481 e. The molecule has 12 heavy (non-hydrogen) atoms. The number of aliphatic carboxylic acids is 1. The SMILES string of the molecule is CC(C)C(O)C(C)C(C)C(=O)O. The number of aliphatic hydroxyl groups is 1. The highest BCUT2D eigenvalue weighted by Gasteiger charge is 2.27. The second-order valence-corrected chi connectivity index (χ2v) is 3.72. The maximum absolute atomic E-state index is 10.6. The predicted molar refractivity (Wildman–Crippen MR) is 46.8 cm³/mol. The number of carboxylic acids is 1. The average Bonchev–Trinajstić information content (AvgIpc) is 2.00. The first kappa shape index (κ1) is 11.4. The van der Waals surface area contributed by atoms with Crippen LogP contribution in [0.3, 0.4) is 0 Å². The Hall–Kier alpha value is -0.570. The smallest absolute Gasteiger partial charge is 0.306 e. The van der Waals surface area contributed by atoms with Gasteiger partial charge in [-0.3, -0.25) is 4.79 Å². The first-order chi connectivity index (χ1) is 5.37. The lowest BCUT2D eigenvalue weighted by Crippen LogP contribution is -2.32. The Bertz CT molecular complexity index is 154. The van der Waals surface area contributed by atoms with Crippen molar-refractivity contribution < 1.29 is 15.0 Å². The maximum atomic E-state index is 10.6. The molecule has 0 fully saturated rings. The summed E-state index contributed by atoms with van der Waals surface area (Å²) in [5.41, 5.74) is 0. The minimum Gasteiger partial charge on any atom is -0.481 e. The second kappa shape index (κ2) is 4.45. The molecule has 0 amide bonds. The monoisotopic (exact) mass is 174 g/mol. The first-order valence-electron chi connectivity index (χ1n) is 4.28. The number of carboxylic acid groups (broad SMARTS) is 1. The van der Waals surface area contributed by atoms with E-state index in [0.29, 0.717) is 0 Å². The fourth-order valence-electron chi connectivity index (χ4n) is 1.13. The zero-order valence-corrected chi connectivity index (χ0v) is 8.11. The van der Waals surface area contributed by atoms with Crippen LogP contribution in [0.15, 0.2) is 0 Å². The van der Waals surface area contributed by atoms with Gasteiger partial charge < -0.3 is 10.2 Å². The number of hydrogen-bond acceptors (Lipinski definition) is 2. The van der Waals surface area contributed by atoms with Gasteiger partial charge in [-0.25, -0.2) is 0 Å². The van der Waals surface area contributed by atoms with Gasteiger partial charge in [0.25, 0.3) is 0 Å². The molecule has 0 aliphatic rings. The Kier molecular flexibility index (Phi) is 4.24. The van der Waals surface area contributed by atoms with Crippen LogP contribution in [0.5, 0.6) is 0 Å². The highest BCUT2D eigenvalue weighted by molar-refractivity contribution is 5.69. The third-order valence-corrected chi connectivity index (χ3v) is 2.40. The van der Waals surface area contributed by atoms with Crippen molar-refractivity contribution in [3.05, 3.63) is 0 Å². The van der Waals surface area contributed by atoms with Gasteiger partial charge in [0.05, 0.1) is 12.0 Å². The van der Waals surface area contributed by atoms with Gasteiger partial charge in [0.1, 0.15) is 0 Å². The van der Waals surface area contributed by atoms with Crippen molar-refractivity contribution in [2.24, 2.45) is 17.8 Å². The van der Waals surface area contributed by atoms with Crippen molar-refractivity contribution >= 4 is 5.97 Å². The Morgan fingerprint density at radius 1 is 1.17 bits per heavy atom. The van der Waals surface area contributed by atoms with Crippen LogP contribution >= 0.6 is 0 Å². The van der Waals surface area contributed by atoms with Gasteiger partial charge in [0, 0.05) is 0 Å². The molecule has 3 unspecified atom stereocenters. The normalized spacial score (nSPS) is 18.8. The van der Waals surface area contributed by atoms with Crippen molar-refractivity contribution in [1.29, 1.82) is 0 Å². The number of hydrogen-bond donors (Lipinski definition) is 2. The lowest BCUT2D eigenvalue weighted by Gasteiger charge is -2.24. The molecule has 0 aliphatic carbocycles. The molecule has 0 spiro atoms. The topological polar surface area (TPSA) is 57.5 Å². The molecule has 0 saturated heterocycles. The minimum atomic E-state index is -0.845. The van der Waals surface area contributed by atoms with Gasteiger partial charge in [-0.15, -0.1) is 0 Å². The van der Waals surface area contributed by atoms with Gasteiger partial charge in [-0.1, -0.05) is 27.7 Å². The molecule has 0 radical (unpaired) electrons. The van der Waals surface area contributed by atoms with E-state index in [1.165, 1.54) is 0 Å². The molecule has 72 valence electrons. The maximum Gasteiger partial charge on any atom is 0.306 e. The Labute approximate surface area is 73.4 Å². The standard InChI is InChI=1S/C9H18O3/c1-5(2)8(10)6(3)7(4)9(11)12/h5-8,10H,1-4H3,(H,11,12). The lowest BCUT2D eigenvalue weighted by atomic mass is 9.85. The fourth-order valence-corrected chi connectivity index (χ4v) is 1.13. The van der Waals surface area contributed by atoms with Gasteiger partial charge in [-0.2, -0.15) is 0 Å². The third kappa shape index (κ3) is 2.81. The van der Waals surface area contributed by atoms with Crippen molar-refractivity contribution in [1.82, 2.24) is 0 Å². The molecular weight excluding hydrogens is 156 g/mol. The summed E-state index contributed by atoms with van der Waals surface area (Å²) in [6.07, 6.45) is -0.531. The van der Waals surface area contributed by atoms with Gasteiger partial charge in [0.15, 0.2) is 0 Å². The zero-order chi connectivity index (χ0) is 9.89. The highest BCUT2D eigenvalue weighted by atomic mass is 16.4. The van der Waals surface area contributed by atoms with E-state index in [4.69, 9.17) is 5.11 Å². The molecule has 0 rings (SSSR count). The summed E-state index contributed by atoms with van der Waals surface area (Å²) in [6, 6.07) is 0. The third-order valence-electron chi connectivity index (χ3n) is 2.40. The molecule has 0 aromatic carbocycles. The molecular formula is C9H18O3. The molecule has 0 heterocycles. The van der Waals surface area contributed by atoms with Gasteiger partial charge in [0.2, 0.25) is 0 Å². The Morgan fingerprint density at radius 2 is 1.58 bits per heavy atom. The highest BCUT2D eigenvalue weighted by Crippen LogP contribution is 2.20. The van der Waals surface area contributed by atoms with E-state index in [-0.39, 0.29) is 11.8 Å². The van der Waals surface area contributed by atoms with Gasteiger partial charge >= 0.3 is 5.97 Å². The summed E-state index contributed by atoms with van der Waals surface area (Å²) >= 11 is 0. The van der Waals surface area contributed by atoms with Crippen LogP contribution in [-0.4, -0.2) is 22.3 Å². The molecule has 0 aliphatic heterocycles. The number of carbonyl (C=O) groups is 1. The van der Waals surface area contributed by atoms with Crippen molar-refractivity contribution in [3.8, 4) is 0 Å². The van der Waals surface area contributed by atoms with Crippen LogP contribution in [0.2, 0.25) is 0 Å². The van der Waals surface area contributed by atoms with Gasteiger partial charge in [-0.05, 0) is 11.8 Å². The molecule has 2 N–H and O–H groups in total. The van der Waals surface area contributed by atoms with E-state index < -0.39 is 18.0 Å². The van der Waals surface area contributed by atoms with Crippen LogP contribution in [0.25, 0.3) is 0 Å². The van der Waals surface area contributed by atoms with E-state index in [2.05, 4.69) is 0 Å². The van der Waals surface area contributed by atoms with Crippen LogP contribution in [0.4, 0.5) is 0 Å². The van der Waals surface area contributed by atoms with Crippen molar-refractivity contribution in [3.63, 3.8) is 0 Å². The van der Waals surface area contributed by atoms with Crippen LogP contribution in [0.1, 0.15) is 27.7 Å². The second-order valence-electron chi connectivity index (χ2n) is 3.72. The van der Waals surface area contributed by atoms with Crippen LogP contribution in [-0.2, 0) is 4.79 Å². The molecule has 0 saturated carbocycles. The van der Waals surface area contributed by atoms with Crippen LogP contribution < -0.4 is 0 Å². The molecule has 0 aromatic rings. The van der Waals surface area contributed by atoms with Crippen molar-refractivity contribution in [2.75, 3.05) is 0 Å². The predicted octanol–water partition coefficient (Wildman–Crippen LogP) is 1.36. The Balaban J connectivity index is 4.18. The van der Waals surface area contributed by atoms with Crippen LogP contribution in [0, 0.1) is 17.8 Å². The molecule has 3 nitrogen and oxygen atoms in total. The first-order valence-corrected chi connectivity index (χ1v) is 4.28. The summed E-state index contributed by atoms with van der Waals surface area (Å²) in [5.74, 6) is -1.41. The summed E-state index contributed by atoms with van der Waals surface area (Å²) in [4.78, 5) is 10.6. The zero-order valence-electron chi connectivity index (χ0n) is 8.11. The van der Waals surface area contributed by atoms with E-state index in [1.807, 2.05) is 13.8 Å². The molecule has 0 bridgehead atoms. The number of rotatable bonds is 4. The fraction of sp³-hybridized carbons (Fsp3) is 0.889. The number of aliphatic hydroxyl groups excluding tert-OH is 1. The van der Waals surface area contributed by atoms with E-state index >= 15 is 0 Å². The quantitative estimate of drug-likeness (QED) is 0.676. The molecule has 3 atom stereocenters.